The number of rotatable bonds is 19. The summed E-state index contributed by atoms with van der Waals surface area (Å²) in [6.07, 6.45) is 30.7. The van der Waals surface area contributed by atoms with E-state index in [1.165, 1.54) is 33.4 Å². The fourth-order valence-electron chi connectivity index (χ4n) is 5.98. The highest BCUT2D eigenvalue weighted by molar-refractivity contribution is 5.72. The molecule has 0 saturated carbocycles. The predicted molar refractivity (Wildman–Crippen MR) is 220 cm³/mol. The van der Waals surface area contributed by atoms with Crippen molar-refractivity contribution in [2.24, 2.45) is 0 Å². The number of hydrogen-bond acceptors (Lipinski definition) is 2. The minimum atomic E-state index is 0.949. The van der Waals surface area contributed by atoms with E-state index in [0.717, 1.165) is 80.7 Å². The summed E-state index contributed by atoms with van der Waals surface area (Å²) in [7, 11) is 0. The first kappa shape index (κ1) is 37.7. The van der Waals surface area contributed by atoms with Crippen LogP contribution in [-0.4, -0.2) is 6.54 Å². The third-order valence-electron chi connectivity index (χ3n) is 8.95. The summed E-state index contributed by atoms with van der Waals surface area (Å²) < 4.78 is 0. The van der Waals surface area contributed by atoms with Crippen molar-refractivity contribution in [2.45, 2.75) is 72.1 Å². The van der Waals surface area contributed by atoms with E-state index in [1.54, 1.807) is 0 Å². The van der Waals surface area contributed by atoms with Crippen LogP contribution in [-0.2, 0) is 0 Å². The highest BCUT2D eigenvalue weighted by Crippen LogP contribution is 2.31. The van der Waals surface area contributed by atoms with Crippen LogP contribution < -0.4 is 10.2 Å². The lowest BCUT2D eigenvalue weighted by Gasteiger charge is -2.26. The van der Waals surface area contributed by atoms with Gasteiger partial charge in [0.15, 0.2) is 0 Å². The lowest BCUT2D eigenvalue weighted by Crippen LogP contribution is -2.14. The van der Waals surface area contributed by atoms with Gasteiger partial charge < -0.3 is 10.2 Å². The maximum absolute atomic E-state index is 4.30. The molecule has 2 nitrogen and oxygen atoms in total. The molecule has 1 N–H and O–H groups in total. The molecule has 1 aliphatic carbocycles. The first-order valence-corrected chi connectivity index (χ1v) is 18.3. The molecule has 4 rings (SSSR count). The molecule has 3 aromatic carbocycles. The molecule has 0 spiro atoms. The van der Waals surface area contributed by atoms with E-state index >= 15 is 0 Å². The number of nitrogens with one attached hydrogen (secondary N) is 1. The van der Waals surface area contributed by atoms with Crippen LogP contribution in [0.15, 0.2) is 193 Å². The Morgan fingerprint density at radius 1 is 0.800 bits per heavy atom. The number of unbranched alkanes of at least 4 members (excludes halogenated alkanes) is 2. The monoisotopic (exact) mass is 660 g/mol. The zero-order valence-electron chi connectivity index (χ0n) is 30.6. The quantitative estimate of drug-likeness (QED) is 0.102. The molecule has 0 atom stereocenters. The summed E-state index contributed by atoms with van der Waals surface area (Å²) in [6, 6.07) is 29.9. The zero-order valence-corrected chi connectivity index (χ0v) is 30.6. The van der Waals surface area contributed by atoms with Gasteiger partial charge in [0.05, 0.1) is 0 Å². The summed E-state index contributed by atoms with van der Waals surface area (Å²) in [5, 5.41) is 3.53. The van der Waals surface area contributed by atoms with E-state index in [9.17, 15) is 0 Å². The molecule has 0 amide bonds. The van der Waals surface area contributed by atoms with E-state index in [4.69, 9.17) is 0 Å². The number of allylic oxidation sites excluding steroid dienone is 16. The van der Waals surface area contributed by atoms with E-state index < -0.39 is 0 Å². The summed E-state index contributed by atoms with van der Waals surface area (Å²) >= 11 is 0. The van der Waals surface area contributed by atoms with E-state index in [0.29, 0.717) is 0 Å². The van der Waals surface area contributed by atoms with Crippen LogP contribution in [0.3, 0.4) is 0 Å². The Bertz CT molecular complexity index is 1720. The van der Waals surface area contributed by atoms with Gasteiger partial charge >= 0.3 is 0 Å². The predicted octanol–water partition coefficient (Wildman–Crippen LogP) is 13.7. The zero-order chi connectivity index (χ0) is 35.4. The van der Waals surface area contributed by atoms with E-state index in [2.05, 4.69) is 190 Å². The number of benzene rings is 3. The average Bonchev–Trinajstić information content (AvgIpc) is 3.16. The molecular formula is C48H56N2. The molecular weight excluding hydrogens is 605 g/mol. The van der Waals surface area contributed by atoms with Gasteiger partial charge in [-0.1, -0.05) is 141 Å². The van der Waals surface area contributed by atoms with E-state index in [-0.39, 0.29) is 0 Å². The van der Waals surface area contributed by atoms with Crippen molar-refractivity contribution in [3.05, 3.63) is 193 Å². The Kier molecular flexibility index (Phi) is 15.9. The van der Waals surface area contributed by atoms with Crippen LogP contribution in [0.4, 0.5) is 11.4 Å². The Hall–Kier alpha value is -5.08. The third kappa shape index (κ3) is 12.4. The van der Waals surface area contributed by atoms with Gasteiger partial charge in [0.1, 0.15) is 0 Å². The van der Waals surface area contributed by atoms with Crippen LogP contribution in [0.2, 0.25) is 0 Å². The molecule has 0 saturated heterocycles. The molecule has 0 fully saturated rings. The van der Waals surface area contributed by atoms with Gasteiger partial charge in [-0.15, -0.1) is 0 Å². The van der Waals surface area contributed by atoms with Gasteiger partial charge in [-0.05, 0) is 123 Å². The fraction of sp³-hybridized carbons (Fsp3) is 0.250. The first-order valence-electron chi connectivity index (χ1n) is 18.3. The SMILES string of the molecule is C=C(CCC(=C)C1=CC=CCC1)NCCCC/C=C(\C=C/CC)C(/C)=C/C=C\C=C(/C)N(c1ccccc1)c1ccc(-c2ccccc2)cc1. The van der Waals surface area contributed by atoms with Crippen molar-refractivity contribution in [1.29, 1.82) is 0 Å². The lowest BCUT2D eigenvalue weighted by atomic mass is 9.95. The highest BCUT2D eigenvalue weighted by Gasteiger charge is 2.11. The van der Waals surface area contributed by atoms with Crippen LogP contribution in [0, 0.1) is 0 Å². The maximum atomic E-state index is 4.30. The van der Waals surface area contributed by atoms with Gasteiger partial charge in [0.25, 0.3) is 0 Å². The van der Waals surface area contributed by atoms with Crippen molar-refractivity contribution in [3.8, 4) is 11.1 Å². The van der Waals surface area contributed by atoms with Crippen LogP contribution in [0.1, 0.15) is 72.1 Å². The smallest absolute Gasteiger partial charge is 0.0458 e. The van der Waals surface area contributed by atoms with Gasteiger partial charge in [-0.3, -0.25) is 0 Å². The third-order valence-corrected chi connectivity index (χ3v) is 8.95. The second-order valence-electron chi connectivity index (χ2n) is 12.9. The highest BCUT2D eigenvalue weighted by atomic mass is 15.1. The molecule has 2 heteroatoms. The first-order chi connectivity index (χ1) is 24.5. The Morgan fingerprint density at radius 3 is 2.18 bits per heavy atom. The minimum Gasteiger partial charge on any atom is -0.389 e. The molecule has 0 aliphatic heterocycles. The number of anilines is 2. The van der Waals surface area contributed by atoms with Crippen LogP contribution >= 0.6 is 0 Å². The Morgan fingerprint density at radius 2 is 1.48 bits per heavy atom. The summed E-state index contributed by atoms with van der Waals surface area (Å²) in [4.78, 5) is 2.30. The van der Waals surface area contributed by atoms with Crippen LogP contribution in [0.25, 0.3) is 11.1 Å². The average molecular weight is 661 g/mol. The maximum Gasteiger partial charge on any atom is 0.0458 e. The molecule has 0 bridgehead atoms. The number of para-hydroxylation sites is 1. The molecule has 50 heavy (non-hydrogen) atoms. The second-order valence-corrected chi connectivity index (χ2v) is 12.9. The van der Waals surface area contributed by atoms with Gasteiger partial charge in [0, 0.05) is 29.3 Å². The van der Waals surface area contributed by atoms with Crippen molar-refractivity contribution < 1.29 is 0 Å². The van der Waals surface area contributed by atoms with Gasteiger partial charge in [-0.25, -0.2) is 0 Å². The molecule has 0 aromatic heterocycles. The van der Waals surface area contributed by atoms with Gasteiger partial charge in [-0.2, -0.15) is 0 Å². The van der Waals surface area contributed by atoms with Gasteiger partial charge in [0.2, 0.25) is 0 Å². The van der Waals surface area contributed by atoms with E-state index in [1.807, 2.05) is 0 Å². The number of nitrogens with zero attached hydrogens (tertiary/aromatic N) is 1. The lowest BCUT2D eigenvalue weighted by molar-refractivity contribution is 0.665. The molecule has 0 unspecified atom stereocenters. The fourth-order valence-corrected chi connectivity index (χ4v) is 5.98. The molecule has 258 valence electrons. The van der Waals surface area contributed by atoms with Crippen molar-refractivity contribution in [2.75, 3.05) is 11.4 Å². The van der Waals surface area contributed by atoms with Crippen molar-refractivity contribution in [1.82, 2.24) is 5.32 Å². The normalized spacial score (nSPS) is 13.9. The Balaban J connectivity index is 1.32. The van der Waals surface area contributed by atoms with Crippen LogP contribution in [0.5, 0.6) is 0 Å². The van der Waals surface area contributed by atoms with Crippen molar-refractivity contribution >= 4 is 11.4 Å². The molecule has 0 heterocycles. The molecule has 0 radical (unpaired) electrons. The second kappa shape index (κ2) is 21.1. The standard InChI is InChI=1S/C48H56N2/c1-6-7-24-43(27-16-11-21-38-49-41(4)33-32-40(3)44-25-12-8-13-26-44)39(2)22-19-20-23-42(5)50(47-30-17-10-18-31-47)48-36-34-46(35-37-48)45-28-14-9-15-29-45/h7-10,12,14-15,17-20,22-25,27-31,34-37,49H,3-4,6,11,13,16,21,26,32-33,38H2,1-2,5H3/b20-19-,24-7-,39-22+,42-23+,43-27+. The largest absolute Gasteiger partial charge is 0.389 e. The summed E-state index contributed by atoms with van der Waals surface area (Å²) in [6.45, 7) is 16.1. The molecule has 1 aliphatic rings. The topological polar surface area (TPSA) is 15.3 Å². The summed E-state index contributed by atoms with van der Waals surface area (Å²) in [5.41, 5.74) is 12.2. The Labute approximate surface area is 303 Å². The minimum absolute atomic E-state index is 0.949. The number of hydrogen-bond donors (Lipinski definition) is 1. The molecule has 3 aromatic rings. The van der Waals surface area contributed by atoms with Crippen molar-refractivity contribution in [3.63, 3.8) is 0 Å². The summed E-state index contributed by atoms with van der Waals surface area (Å²) in [5.74, 6) is 0.